The van der Waals surface area contributed by atoms with Gasteiger partial charge in [0.2, 0.25) is 0 Å². The minimum atomic E-state index is 0.0226. The molecule has 1 amide bonds. The number of aryl methyl sites for hydroxylation is 1. The van der Waals surface area contributed by atoms with Gasteiger partial charge in [-0.15, -0.1) is 0 Å². The first kappa shape index (κ1) is 8.35. The standard InChI is InChI=1S/C10H14N2O/c1-7-4-5-11-9(7)10(13)12-6-8-2-3-8/h4-5,8,11H,2-3,6H2,1H3,(H,12,13). The van der Waals surface area contributed by atoms with Crippen LogP contribution in [0.1, 0.15) is 28.9 Å². The van der Waals surface area contributed by atoms with E-state index in [-0.39, 0.29) is 5.91 Å². The quantitative estimate of drug-likeness (QED) is 0.723. The summed E-state index contributed by atoms with van der Waals surface area (Å²) in [6.45, 7) is 2.76. The number of aromatic amines is 1. The fraction of sp³-hybridized carbons (Fsp3) is 0.500. The maximum atomic E-state index is 11.5. The van der Waals surface area contributed by atoms with Gasteiger partial charge in [0.05, 0.1) is 0 Å². The van der Waals surface area contributed by atoms with Gasteiger partial charge in [-0.1, -0.05) is 0 Å². The largest absolute Gasteiger partial charge is 0.357 e. The van der Waals surface area contributed by atoms with Gasteiger partial charge in [0.15, 0.2) is 0 Å². The molecule has 0 atom stereocenters. The van der Waals surface area contributed by atoms with Gasteiger partial charge in [-0.25, -0.2) is 0 Å². The van der Waals surface area contributed by atoms with E-state index >= 15 is 0 Å². The highest BCUT2D eigenvalue weighted by Crippen LogP contribution is 2.27. The topological polar surface area (TPSA) is 44.9 Å². The second kappa shape index (κ2) is 3.24. The van der Waals surface area contributed by atoms with Gasteiger partial charge in [-0.2, -0.15) is 0 Å². The molecule has 13 heavy (non-hydrogen) atoms. The number of carbonyl (C=O) groups is 1. The van der Waals surface area contributed by atoms with E-state index < -0.39 is 0 Å². The van der Waals surface area contributed by atoms with Gasteiger partial charge in [0.25, 0.3) is 5.91 Å². The van der Waals surface area contributed by atoms with Crippen molar-refractivity contribution < 1.29 is 4.79 Å². The minimum absolute atomic E-state index is 0.0226. The van der Waals surface area contributed by atoms with Crippen LogP contribution in [0, 0.1) is 12.8 Å². The van der Waals surface area contributed by atoms with Crippen LogP contribution in [0.15, 0.2) is 12.3 Å². The Hall–Kier alpha value is -1.25. The molecule has 3 nitrogen and oxygen atoms in total. The van der Waals surface area contributed by atoms with E-state index in [0.717, 1.165) is 18.0 Å². The van der Waals surface area contributed by atoms with Gasteiger partial charge in [-0.3, -0.25) is 4.79 Å². The lowest BCUT2D eigenvalue weighted by Gasteiger charge is -2.02. The molecule has 0 spiro atoms. The summed E-state index contributed by atoms with van der Waals surface area (Å²) in [5, 5.41) is 2.92. The van der Waals surface area contributed by atoms with E-state index in [1.165, 1.54) is 12.8 Å². The van der Waals surface area contributed by atoms with Crippen LogP contribution in [-0.2, 0) is 0 Å². The van der Waals surface area contributed by atoms with E-state index in [4.69, 9.17) is 0 Å². The molecule has 1 aromatic heterocycles. The molecule has 1 aliphatic rings. The molecule has 0 aliphatic heterocycles. The lowest BCUT2D eigenvalue weighted by molar-refractivity contribution is 0.0947. The predicted molar refractivity (Wildman–Crippen MR) is 50.6 cm³/mol. The molecule has 3 heteroatoms. The van der Waals surface area contributed by atoms with Crippen LogP contribution in [0.4, 0.5) is 0 Å². The highest BCUT2D eigenvalue weighted by molar-refractivity contribution is 5.93. The third kappa shape index (κ3) is 1.91. The average molecular weight is 178 g/mol. The SMILES string of the molecule is Cc1cc[nH]c1C(=O)NCC1CC1. The van der Waals surface area contributed by atoms with Gasteiger partial charge in [0, 0.05) is 12.7 Å². The number of H-pyrrole nitrogens is 1. The van der Waals surface area contributed by atoms with E-state index in [1.807, 2.05) is 13.0 Å². The summed E-state index contributed by atoms with van der Waals surface area (Å²) in [6, 6.07) is 1.91. The molecule has 1 fully saturated rings. The van der Waals surface area contributed by atoms with Crippen molar-refractivity contribution in [2.45, 2.75) is 19.8 Å². The molecular formula is C10H14N2O. The van der Waals surface area contributed by atoms with Crippen molar-refractivity contribution in [3.63, 3.8) is 0 Å². The summed E-state index contributed by atoms with van der Waals surface area (Å²) in [4.78, 5) is 14.5. The number of nitrogens with one attached hydrogen (secondary N) is 2. The highest BCUT2D eigenvalue weighted by Gasteiger charge is 2.22. The Kier molecular flexibility index (Phi) is 2.08. The summed E-state index contributed by atoms with van der Waals surface area (Å²) in [7, 11) is 0. The Morgan fingerprint density at radius 1 is 1.69 bits per heavy atom. The first-order valence-electron chi connectivity index (χ1n) is 4.69. The molecule has 1 saturated carbocycles. The first-order valence-corrected chi connectivity index (χ1v) is 4.69. The van der Waals surface area contributed by atoms with Crippen molar-refractivity contribution in [3.05, 3.63) is 23.5 Å². The van der Waals surface area contributed by atoms with Crippen molar-refractivity contribution in [2.75, 3.05) is 6.54 Å². The Morgan fingerprint density at radius 3 is 3.00 bits per heavy atom. The molecule has 0 unspecified atom stereocenters. The number of rotatable bonds is 3. The number of hydrogen-bond acceptors (Lipinski definition) is 1. The zero-order valence-corrected chi connectivity index (χ0v) is 7.76. The van der Waals surface area contributed by atoms with Gasteiger partial charge >= 0.3 is 0 Å². The molecular weight excluding hydrogens is 164 g/mol. The van der Waals surface area contributed by atoms with Crippen molar-refractivity contribution in [1.82, 2.24) is 10.3 Å². The van der Waals surface area contributed by atoms with Crippen LogP contribution in [0.3, 0.4) is 0 Å². The third-order valence-corrected chi connectivity index (χ3v) is 2.43. The number of hydrogen-bond donors (Lipinski definition) is 2. The van der Waals surface area contributed by atoms with Crippen LogP contribution >= 0.6 is 0 Å². The summed E-state index contributed by atoms with van der Waals surface area (Å²) in [5.41, 5.74) is 1.70. The molecule has 2 N–H and O–H groups in total. The molecule has 1 aromatic rings. The smallest absolute Gasteiger partial charge is 0.267 e. The number of aromatic nitrogens is 1. The lowest BCUT2D eigenvalue weighted by atomic mass is 10.2. The zero-order valence-electron chi connectivity index (χ0n) is 7.76. The van der Waals surface area contributed by atoms with Crippen LogP contribution in [0.25, 0.3) is 0 Å². The Bertz CT molecular complexity index is 312. The van der Waals surface area contributed by atoms with Crippen molar-refractivity contribution in [3.8, 4) is 0 Å². The summed E-state index contributed by atoms with van der Waals surface area (Å²) in [5.74, 6) is 0.758. The fourth-order valence-electron chi connectivity index (χ4n) is 1.34. The molecule has 0 radical (unpaired) electrons. The highest BCUT2D eigenvalue weighted by atomic mass is 16.1. The normalized spacial score (nSPS) is 15.8. The summed E-state index contributed by atoms with van der Waals surface area (Å²) >= 11 is 0. The number of carbonyl (C=O) groups excluding carboxylic acids is 1. The van der Waals surface area contributed by atoms with E-state index in [0.29, 0.717) is 5.69 Å². The van der Waals surface area contributed by atoms with Crippen LogP contribution < -0.4 is 5.32 Å². The van der Waals surface area contributed by atoms with Crippen LogP contribution in [0.5, 0.6) is 0 Å². The molecule has 1 heterocycles. The molecule has 0 aromatic carbocycles. The predicted octanol–water partition coefficient (Wildman–Crippen LogP) is 1.46. The molecule has 0 saturated heterocycles. The van der Waals surface area contributed by atoms with E-state index in [9.17, 15) is 4.79 Å². The maximum absolute atomic E-state index is 11.5. The van der Waals surface area contributed by atoms with Crippen LogP contribution in [0.2, 0.25) is 0 Å². The second-order valence-corrected chi connectivity index (χ2v) is 3.69. The average Bonchev–Trinajstić information content (AvgIpc) is 2.84. The van der Waals surface area contributed by atoms with Crippen LogP contribution in [-0.4, -0.2) is 17.4 Å². The lowest BCUT2D eigenvalue weighted by Crippen LogP contribution is -2.26. The fourth-order valence-corrected chi connectivity index (χ4v) is 1.34. The first-order chi connectivity index (χ1) is 6.27. The molecule has 2 rings (SSSR count). The molecule has 1 aliphatic carbocycles. The third-order valence-electron chi connectivity index (χ3n) is 2.43. The molecule has 0 bridgehead atoms. The molecule has 70 valence electrons. The second-order valence-electron chi connectivity index (χ2n) is 3.69. The van der Waals surface area contributed by atoms with E-state index in [1.54, 1.807) is 6.20 Å². The van der Waals surface area contributed by atoms with Gasteiger partial charge in [0.1, 0.15) is 5.69 Å². The Morgan fingerprint density at radius 2 is 2.46 bits per heavy atom. The van der Waals surface area contributed by atoms with E-state index in [2.05, 4.69) is 10.3 Å². The zero-order chi connectivity index (χ0) is 9.26. The summed E-state index contributed by atoms with van der Waals surface area (Å²) < 4.78 is 0. The maximum Gasteiger partial charge on any atom is 0.267 e. The monoisotopic (exact) mass is 178 g/mol. The van der Waals surface area contributed by atoms with Crippen molar-refractivity contribution in [1.29, 1.82) is 0 Å². The van der Waals surface area contributed by atoms with Crippen molar-refractivity contribution in [2.24, 2.45) is 5.92 Å². The van der Waals surface area contributed by atoms with Gasteiger partial charge in [-0.05, 0) is 37.3 Å². The van der Waals surface area contributed by atoms with Crippen molar-refractivity contribution >= 4 is 5.91 Å². The number of amides is 1. The Labute approximate surface area is 77.5 Å². The van der Waals surface area contributed by atoms with Gasteiger partial charge < -0.3 is 10.3 Å². The minimum Gasteiger partial charge on any atom is -0.357 e. The Balaban J connectivity index is 1.92. The summed E-state index contributed by atoms with van der Waals surface area (Å²) in [6.07, 6.45) is 4.33.